The van der Waals surface area contributed by atoms with Gasteiger partial charge in [-0.2, -0.15) is 0 Å². The molecule has 0 saturated carbocycles. The molecule has 26 heavy (non-hydrogen) atoms. The molecule has 132 valence electrons. The van der Waals surface area contributed by atoms with Crippen LogP contribution in [0.1, 0.15) is 17.4 Å². The van der Waals surface area contributed by atoms with Gasteiger partial charge in [-0.25, -0.2) is 14.2 Å². The molecule has 7 nitrogen and oxygen atoms in total. The van der Waals surface area contributed by atoms with Crippen molar-refractivity contribution in [2.24, 2.45) is 0 Å². The minimum absolute atomic E-state index is 0.0289. The van der Waals surface area contributed by atoms with Crippen LogP contribution < -0.4 is 0 Å². The number of carbonyl (C=O) groups is 1. The van der Waals surface area contributed by atoms with Crippen molar-refractivity contribution in [1.29, 1.82) is 0 Å². The van der Waals surface area contributed by atoms with Crippen molar-refractivity contribution in [1.82, 2.24) is 4.98 Å². The Balaban J connectivity index is 2.19. The summed E-state index contributed by atoms with van der Waals surface area (Å²) in [5, 5.41) is 11.3. The number of ether oxygens (including phenoxy) is 1. The van der Waals surface area contributed by atoms with E-state index in [1.807, 2.05) is 0 Å². The van der Waals surface area contributed by atoms with Gasteiger partial charge in [0.1, 0.15) is 5.82 Å². The van der Waals surface area contributed by atoms with Crippen LogP contribution >= 0.6 is 0 Å². The summed E-state index contributed by atoms with van der Waals surface area (Å²) < 4.78 is 23.7. The molecular weight excluding hydrogens is 343 g/mol. The molecule has 0 saturated heterocycles. The van der Waals surface area contributed by atoms with Crippen molar-refractivity contribution < 1.29 is 23.3 Å². The predicted molar refractivity (Wildman–Crippen MR) is 89.9 cm³/mol. The number of hydrogen-bond acceptors (Lipinski definition) is 6. The van der Waals surface area contributed by atoms with E-state index >= 15 is 0 Å². The van der Waals surface area contributed by atoms with E-state index in [4.69, 9.17) is 9.15 Å². The molecule has 0 unspecified atom stereocenters. The molecule has 3 aromatic rings. The summed E-state index contributed by atoms with van der Waals surface area (Å²) >= 11 is 0. The maximum Gasteiger partial charge on any atom is 0.361 e. The van der Waals surface area contributed by atoms with Crippen LogP contribution in [-0.4, -0.2) is 22.5 Å². The number of nitro benzene ring substituents is 1. The van der Waals surface area contributed by atoms with Crippen LogP contribution in [0, 0.1) is 15.9 Å². The first-order valence-corrected chi connectivity index (χ1v) is 7.69. The number of oxazole rings is 1. The second-order valence-electron chi connectivity index (χ2n) is 5.20. The Morgan fingerprint density at radius 1 is 1.23 bits per heavy atom. The van der Waals surface area contributed by atoms with Crippen LogP contribution in [0.25, 0.3) is 22.8 Å². The zero-order chi connectivity index (χ0) is 18.7. The summed E-state index contributed by atoms with van der Waals surface area (Å²) in [6, 6.07) is 11.1. The number of halogens is 1. The molecule has 0 aliphatic heterocycles. The van der Waals surface area contributed by atoms with E-state index < -0.39 is 16.7 Å². The molecule has 1 aromatic heterocycles. The number of rotatable bonds is 5. The van der Waals surface area contributed by atoms with Crippen LogP contribution in [-0.2, 0) is 4.74 Å². The smallest absolute Gasteiger partial charge is 0.361 e. The average Bonchev–Trinajstić information content (AvgIpc) is 3.08. The maximum atomic E-state index is 13.1. The minimum Gasteiger partial charge on any atom is -0.461 e. The number of esters is 1. The van der Waals surface area contributed by atoms with Crippen molar-refractivity contribution in [3.63, 3.8) is 0 Å². The Labute approximate surface area is 147 Å². The molecule has 0 N–H and O–H groups in total. The number of benzene rings is 2. The Morgan fingerprint density at radius 3 is 2.58 bits per heavy atom. The van der Waals surface area contributed by atoms with Gasteiger partial charge in [0.15, 0.2) is 11.5 Å². The molecule has 0 radical (unpaired) electrons. The normalized spacial score (nSPS) is 10.5. The van der Waals surface area contributed by atoms with E-state index in [2.05, 4.69) is 4.98 Å². The van der Waals surface area contributed by atoms with Crippen molar-refractivity contribution in [2.75, 3.05) is 6.61 Å². The van der Waals surface area contributed by atoms with Crippen molar-refractivity contribution in [3.8, 4) is 22.8 Å². The van der Waals surface area contributed by atoms with Gasteiger partial charge in [0.2, 0.25) is 5.89 Å². The van der Waals surface area contributed by atoms with Gasteiger partial charge in [0, 0.05) is 11.6 Å². The van der Waals surface area contributed by atoms with E-state index in [1.165, 1.54) is 42.5 Å². The quantitative estimate of drug-likeness (QED) is 0.386. The zero-order valence-electron chi connectivity index (χ0n) is 13.6. The van der Waals surface area contributed by atoms with Gasteiger partial charge in [-0.1, -0.05) is 12.1 Å². The number of aromatic nitrogens is 1. The van der Waals surface area contributed by atoms with Crippen LogP contribution in [0.4, 0.5) is 10.1 Å². The molecular formula is C18H13FN2O5. The topological polar surface area (TPSA) is 95.5 Å². The predicted octanol–water partition coefficient (Wildman–Crippen LogP) is 4.23. The lowest BCUT2D eigenvalue weighted by Crippen LogP contribution is -2.07. The summed E-state index contributed by atoms with van der Waals surface area (Å²) in [5.74, 6) is -1.25. The van der Waals surface area contributed by atoms with Gasteiger partial charge in [-0.05, 0) is 37.3 Å². The number of hydrogen-bond donors (Lipinski definition) is 0. The molecule has 3 rings (SSSR count). The number of para-hydroxylation sites is 1. The number of carbonyl (C=O) groups excluding carboxylic acids is 1. The first-order chi connectivity index (χ1) is 12.5. The minimum atomic E-state index is -0.766. The third-order valence-electron chi connectivity index (χ3n) is 3.53. The van der Waals surface area contributed by atoms with Crippen LogP contribution in [0.2, 0.25) is 0 Å². The van der Waals surface area contributed by atoms with E-state index in [0.717, 1.165) is 0 Å². The highest BCUT2D eigenvalue weighted by Gasteiger charge is 2.28. The van der Waals surface area contributed by atoms with E-state index in [1.54, 1.807) is 13.0 Å². The van der Waals surface area contributed by atoms with Gasteiger partial charge >= 0.3 is 5.97 Å². The molecule has 0 fully saturated rings. The summed E-state index contributed by atoms with van der Waals surface area (Å²) in [5.41, 5.74) is 0.100. The summed E-state index contributed by atoms with van der Waals surface area (Å²) in [4.78, 5) is 27.1. The van der Waals surface area contributed by atoms with Crippen molar-refractivity contribution in [3.05, 3.63) is 70.2 Å². The monoisotopic (exact) mass is 356 g/mol. The van der Waals surface area contributed by atoms with E-state index in [-0.39, 0.29) is 35.2 Å². The molecule has 0 spiro atoms. The molecule has 0 bridgehead atoms. The van der Waals surface area contributed by atoms with Gasteiger partial charge in [-0.3, -0.25) is 10.1 Å². The zero-order valence-corrected chi connectivity index (χ0v) is 13.6. The molecule has 8 heteroatoms. The number of nitrogens with zero attached hydrogens (tertiary/aromatic N) is 2. The fourth-order valence-corrected chi connectivity index (χ4v) is 2.38. The fraction of sp³-hybridized carbons (Fsp3) is 0.111. The van der Waals surface area contributed by atoms with Gasteiger partial charge in [-0.15, -0.1) is 0 Å². The van der Waals surface area contributed by atoms with Gasteiger partial charge in [0.05, 0.1) is 17.1 Å². The van der Waals surface area contributed by atoms with Crippen LogP contribution in [0.5, 0.6) is 0 Å². The molecule has 0 aliphatic rings. The molecule has 0 aliphatic carbocycles. The first kappa shape index (κ1) is 17.3. The highest BCUT2D eigenvalue weighted by Crippen LogP contribution is 2.35. The van der Waals surface area contributed by atoms with Crippen molar-refractivity contribution in [2.45, 2.75) is 6.92 Å². The Bertz CT molecular complexity index is 966. The SMILES string of the molecule is CCOC(=O)c1nc(-c2ccc(F)cc2)oc1-c1ccccc1[N+](=O)[O-]. The largest absolute Gasteiger partial charge is 0.461 e. The number of nitro groups is 1. The highest BCUT2D eigenvalue weighted by molar-refractivity contribution is 5.95. The fourth-order valence-electron chi connectivity index (χ4n) is 2.38. The van der Waals surface area contributed by atoms with Crippen molar-refractivity contribution >= 4 is 11.7 Å². The third kappa shape index (κ3) is 3.30. The highest BCUT2D eigenvalue weighted by atomic mass is 19.1. The average molecular weight is 356 g/mol. The lowest BCUT2D eigenvalue weighted by atomic mass is 10.1. The van der Waals surface area contributed by atoms with Gasteiger partial charge < -0.3 is 9.15 Å². The van der Waals surface area contributed by atoms with Gasteiger partial charge in [0.25, 0.3) is 5.69 Å². The molecule has 0 atom stereocenters. The van der Waals surface area contributed by atoms with E-state index in [9.17, 15) is 19.3 Å². The summed E-state index contributed by atoms with van der Waals surface area (Å²) in [7, 11) is 0. The summed E-state index contributed by atoms with van der Waals surface area (Å²) in [6.45, 7) is 1.73. The van der Waals surface area contributed by atoms with Crippen LogP contribution in [0.3, 0.4) is 0 Å². The third-order valence-corrected chi connectivity index (χ3v) is 3.53. The standard InChI is InChI=1S/C18H13FN2O5/c1-2-25-18(22)15-16(13-5-3-4-6-14(13)21(23)24)26-17(20-15)11-7-9-12(19)10-8-11/h3-10H,2H2,1H3. The lowest BCUT2D eigenvalue weighted by Gasteiger charge is -2.02. The second kappa shape index (κ2) is 7.14. The summed E-state index contributed by atoms with van der Waals surface area (Å²) in [6.07, 6.45) is 0. The second-order valence-corrected chi connectivity index (χ2v) is 5.20. The maximum absolute atomic E-state index is 13.1. The molecule has 0 amide bonds. The Morgan fingerprint density at radius 2 is 1.92 bits per heavy atom. The molecule has 1 heterocycles. The Hall–Kier alpha value is -3.55. The lowest BCUT2D eigenvalue weighted by molar-refractivity contribution is -0.384. The van der Waals surface area contributed by atoms with Crippen LogP contribution in [0.15, 0.2) is 52.9 Å². The first-order valence-electron chi connectivity index (χ1n) is 7.69. The molecule has 2 aromatic carbocycles. The van der Waals surface area contributed by atoms with E-state index in [0.29, 0.717) is 5.56 Å². The Kier molecular flexibility index (Phi) is 4.74.